The Labute approximate surface area is 121 Å². The molecule has 0 aromatic heterocycles. The number of halogens is 4. The Hall–Kier alpha value is -0.870. The van der Waals surface area contributed by atoms with Gasteiger partial charge in [-0.15, -0.1) is 11.6 Å². The highest BCUT2D eigenvalue weighted by molar-refractivity contribution is 6.30. The lowest BCUT2D eigenvalue weighted by molar-refractivity contribution is 0.0948. The number of hydrogen-bond donors (Lipinski definition) is 1. The van der Waals surface area contributed by atoms with Crippen molar-refractivity contribution in [2.24, 2.45) is 0 Å². The molecule has 1 rings (SSSR count). The van der Waals surface area contributed by atoms with Crippen molar-refractivity contribution in [3.8, 4) is 0 Å². The van der Waals surface area contributed by atoms with Gasteiger partial charge in [-0.3, -0.25) is 4.79 Å². The number of hydrogen-bond acceptors (Lipinski definition) is 1. The second kappa shape index (κ2) is 8.33. The zero-order valence-corrected chi connectivity index (χ0v) is 11.8. The number of nitrogens with one attached hydrogen (secondary N) is 1. The summed E-state index contributed by atoms with van der Waals surface area (Å²) in [5.74, 6) is -1.64. The highest BCUT2D eigenvalue weighted by atomic mass is 35.5. The normalized spacial score (nSPS) is 10.5. The predicted molar refractivity (Wildman–Crippen MR) is 72.9 cm³/mol. The van der Waals surface area contributed by atoms with Gasteiger partial charge in [-0.05, 0) is 25.0 Å². The third-order valence-electron chi connectivity index (χ3n) is 2.60. The van der Waals surface area contributed by atoms with Gasteiger partial charge < -0.3 is 5.32 Å². The summed E-state index contributed by atoms with van der Waals surface area (Å²) in [6.45, 7) is 0.421. The summed E-state index contributed by atoms with van der Waals surface area (Å²) in [5, 5.41) is 2.20. The van der Waals surface area contributed by atoms with E-state index < -0.39 is 17.5 Å². The number of alkyl halides is 1. The summed E-state index contributed by atoms with van der Waals surface area (Å²) < 4.78 is 26.6. The molecule has 0 aliphatic rings. The highest BCUT2D eigenvalue weighted by Crippen LogP contribution is 2.19. The molecule has 0 radical (unpaired) electrons. The van der Waals surface area contributed by atoms with Crippen molar-refractivity contribution in [3.63, 3.8) is 0 Å². The Kier molecular flexibility index (Phi) is 7.10. The van der Waals surface area contributed by atoms with Crippen LogP contribution < -0.4 is 5.32 Å². The van der Waals surface area contributed by atoms with E-state index >= 15 is 0 Å². The fourth-order valence-electron chi connectivity index (χ4n) is 1.57. The molecule has 0 spiro atoms. The van der Waals surface area contributed by atoms with Gasteiger partial charge in [0.2, 0.25) is 0 Å². The summed E-state index contributed by atoms with van der Waals surface area (Å²) in [7, 11) is 0. The molecule has 0 aliphatic carbocycles. The van der Waals surface area contributed by atoms with Crippen LogP contribution in [-0.2, 0) is 0 Å². The summed E-state index contributed by atoms with van der Waals surface area (Å²) in [4.78, 5) is 11.6. The molecule has 0 aliphatic heterocycles. The molecule has 0 bridgehead atoms. The van der Waals surface area contributed by atoms with Gasteiger partial charge in [0, 0.05) is 12.4 Å². The Morgan fingerprint density at radius 1 is 1.11 bits per heavy atom. The van der Waals surface area contributed by atoms with Gasteiger partial charge in [0.25, 0.3) is 5.91 Å². The van der Waals surface area contributed by atoms with Crippen LogP contribution >= 0.6 is 23.2 Å². The minimum atomic E-state index is -0.828. The van der Waals surface area contributed by atoms with E-state index in [0.717, 1.165) is 37.8 Å². The van der Waals surface area contributed by atoms with Crippen molar-refractivity contribution < 1.29 is 13.6 Å². The van der Waals surface area contributed by atoms with Crippen LogP contribution in [0.25, 0.3) is 0 Å². The molecule has 106 valence electrons. The Morgan fingerprint density at radius 2 is 1.79 bits per heavy atom. The molecule has 6 heteroatoms. The van der Waals surface area contributed by atoms with Crippen LogP contribution in [-0.4, -0.2) is 18.3 Å². The number of carbonyl (C=O) groups is 1. The maximum absolute atomic E-state index is 13.4. The third-order valence-corrected chi connectivity index (χ3v) is 3.16. The number of benzene rings is 1. The maximum Gasteiger partial charge on any atom is 0.254 e. The van der Waals surface area contributed by atoms with E-state index in [1.165, 1.54) is 0 Å². The second-order valence-corrected chi connectivity index (χ2v) is 4.89. The molecule has 19 heavy (non-hydrogen) atoms. The molecule has 0 atom stereocenters. The first-order valence-corrected chi connectivity index (χ1v) is 6.96. The van der Waals surface area contributed by atoms with E-state index in [0.29, 0.717) is 12.4 Å². The third kappa shape index (κ3) is 5.33. The highest BCUT2D eigenvalue weighted by Gasteiger charge is 2.14. The molecule has 0 fully saturated rings. The molecule has 0 saturated carbocycles. The van der Waals surface area contributed by atoms with Crippen molar-refractivity contribution in [1.29, 1.82) is 0 Å². The SMILES string of the molecule is O=C(NCCCCCCCl)c1cc(F)c(Cl)cc1F. The molecule has 1 amide bonds. The van der Waals surface area contributed by atoms with Gasteiger partial charge in [-0.2, -0.15) is 0 Å². The quantitative estimate of drug-likeness (QED) is 0.457. The molecule has 1 aromatic rings. The van der Waals surface area contributed by atoms with Crippen molar-refractivity contribution >= 4 is 29.1 Å². The van der Waals surface area contributed by atoms with Crippen LogP contribution in [0.1, 0.15) is 36.0 Å². The van der Waals surface area contributed by atoms with E-state index in [2.05, 4.69) is 5.32 Å². The van der Waals surface area contributed by atoms with Crippen LogP contribution in [0.5, 0.6) is 0 Å². The monoisotopic (exact) mass is 309 g/mol. The van der Waals surface area contributed by atoms with Gasteiger partial charge >= 0.3 is 0 Å². The van der Waals surface area contributed by atoms with E-state index in [-0.39, 0.29) is 10.6 Å². The fourth-order valence-corrected chi connectivity index (χ4v) is 1.91. The zero-order chi connectivity index (χ0) is 14.3. The van der Waals surface area contributed by atoms with Gasteiger partial charge in [-0.1, -0.05) is 24.4 Å². The molecular weight excluding hydrogens is 295 g/mol. The zero-order valence-electron chi connectivity index (χ0n) is 10.3. The molecule has 0 unspecified atom stereocenters. The van der Waals surface area contributed by atoms with Crippen molar-refractivity contribution in [1.82, 2.24) is 5.32 Å². The van der Waals surface area contributed by atoms with Crippen LogP contribution in [0.2, 0.25) is 5.02 Å². The predicted octanol–water partition coefficient (Wildman–Crippen LogP) is 4.15. The average molecular weight is 310 g/mol. The summed E-state index contributed by atoms with van der Waals surface area (Å²) in [6, 6.07) is 1.60. The Bertz CT molecular complexity index is 441. The lowest BCUT2D eigenvalue weighted by atomic mass is 10.1. The maximum atomic E-state index is 13.4. The van der Waals surface area contributed by atoms with Gasteiger partial charge in [0.15, 0.2) is 0 Å². The smallest absolute Gasteiger partial charge is 0.254 e. The minimum Gasteiger partial charge on any atom is -0.352 e. The van der Waals surface area contributed by atoms with E-state index in [1.807, 2.05) is 0 Å². The number of carbonyl (C=O) groups excluding carboxylic acids is 1. The minimum absolute atomic E-state index is 0.331. The number of rotatable bonds is 7. The molecular formula is C13H15Cl2F2NO. The summed E-state index contributed by atoms with van der Waals surface area (Å²) >= 11 is 10.9. The van der Waals surface area contributed by atoms with Crippen LogP contribution in [0.15, 0.2) is 12.1 Å². The van der Waals surface area contributed by atoms with Crippen LogP contribution in [0.3, 0.4) is 0 Å². The standard InChI is InChI=1S/C13H15Cl2F2NO/c14-5-3-1-2-4-6-18-13(19)9-7-12(17)10(15)8-11(9)16/h7-8H,1-6H2,(H,18,19). The molecule has 1 N–H and O–H groups in total. The lowest BCUT2D eigenvalue weighted by Gasteiger charge is -2.07. The van der Waals surface area contributed by atoms with Crippen LogP contribution in [0, 0.1) is 11.6 Å². The van der Waals surface area contributed by atoms with Crippen molar-refractivity contribution in [2.45, 2.75) is 25.7 Å². The second-order valence-electron chi connectivity index (χ2n) is 4.11. The molecule has 0 saturated heterocycles. The first-order valence-electron chi connectivity index (χ1n) is 6.05. The summed E-state index contributed by atoms with van der Waals surface area (Å²) in [6.07, 6.45) is 3.64. The first-order chi connectivity index (χ1) is 9.06. The van der Waals surface area contributed by atoms with E-state index in [1.54, 1.807) is 0 Å². The van der Waals surface area contributed by atoms with Crippen molar-refractivity contribution in [3.05, 3.63) is 34.4 Å². The fraction of sp³-hybridized carbons (Fsp3) is 0.462. The van der Waals surface area contributed by atoms with E-state index in [9.17, 15) is 13.6 Å². The Balaban J connectivity index is 2.43. The first kappa shape index (κ1) is 16.2. The summed E-state index contributed by atoms with van der Waals surface area (Å²) in [5.41, 5.74) is -0.331. The molecule has 1 aromatic carbocycles. The van der Waals surface area contributed by atoms with Gasteiger partial charge in [-0.25, -0.2) is 8.78 Å². The van der Waals surface area contributed by atoms with Gasteiger partial charge in [0.1, 0.15) is 11.6 Å². The number of amides is 1. The molecule has 2 nitrogen and oxygen atoms in total. The van der Waals surface area contributed by atoms with E-state index in [4.69, 9.17) is 23.2 Å². The molecule has 0 heterocycles. The average Bonchev–Trinajstić information content (AvgIpc) is 2.37. The number of unbranched alkanes of at least 4 members (excludes halogenated alkanes) is 3. The topological polar surface area (TPSA) is 29.1 Å². The van der Waals surface area contributed by atoms with Crippen LogP contribution in [0.4, 0.5) is 8.78 Å². The van der Waals surface area contributed by atoms with Gasteiger partial charge in [0.05, 0.1) is 10.6 Å². The lowest BCUT2D eigenvalue weighted by Crippen LogP contribution is -2.25. The largest absolute Gasteiger partial charge is 0.352 e. The van der Waals surface area contributed by atoms with Crippen molar-refractivity contribution in [2.75, 3.05) is 12.4 Å². The Morgan fingerprint density at radius 3 is 2.47 bits per heavy atom.